The van der Waals surface area contributed by atoms with Crippen molar-refractivity contribution in [2.24, 2.45) is 0 Å². The van der Waals surface area contributed by atoms with Crippen molar-refractivity contribution in [3.8, 4) is 11.5 Å². The Hall–Kier alpha value is -3.28. The molecule has 0 aliphatic heterocycles. The Labute approximate surface area is 156 Å². The normalized spacial score (nSPS) is 10.7. The molecular formula is C21H19O6-. The first-order chi connectivity index (χ1) is 13.0. The summed E-state index contributed by atoms with van der Waals surface area (Å²) in [5.74, 6) is 0.0886. The van der Waals surface area contributed by atoms with Crippen LogP contribution in [0.3, 0.4) is 0 Å². The summed E-state index contributed by atoms with van der Waals surface area (Å²) in [5, 5.41) is 11.4. The zero-order chi connectivity index (χ0) is 19.4. The van der Waals surface area contributed by atoms with Gasteiger partial charge in [0.15, 0.2) is 0 Å². The molecule has 0 atom stereocenters. The van der Waals surface area contributed by atoms with Crippen LogP contribution in [0.25, 0.3) is 11.0 Å². The summed E-state index contributed by atoms with van der Waals surface area (Å²) in [6.45, 7) is 2.08. The molecule has 0 unspecified atom stereocenters. The molecule has 140 valence electrons. The predicted octanol–water partition coefficient (Wildman–Crippen LogP) is 2.37. The molecule has 0 spiro atoms. The van der Waals surface area contributed by atoms with Crippen molar-refractivity contribution >= 4 is 16.9 Å². The van der Waals surface area contributed by atoms with Gasteiger partial charge in [-0.25, -0.2) is 4.79 Å². The lowest BCUT2D eigenvalue weighted by atomic mass is 10.0. The molecule has 1 aromatic heterocycles. The second-order valence-corrected chi connectivity index (χ2v) is 6.12. The topological polar surface area (TPSA) is 88.8 Å². The summed E-state index contributed by atoms with van der Waals surface area (Å²) in [5.41, 5.74) is 1.82. The lowest BCUT2D eigenvalue weighted by Gasteiger charge is -2.12. The maximum Gasteiger partial charge on any atom is 0.339 e. The van der Waals surface area contributed by atoms with E-state index < -0.39 is 11.6 Å². The van der Waals surface area contributed by atoms with Crippen LogP contribution in [0.5, 0.6) is 11.5 Å². The van der Waals surface area contributed by atoms with E-state index in [0.717, 1.165) is 16.7 Å². The second kappa shape index (κ2) is 7.95. The van der Waals surface area contributed by atoms with Crippen LogP contribution in [0.15, 0.2) is 51.7 Å². The molecule has 3 rings (SSSR count). The van der Waals surface area contributed by atoms with Gasteiger partial charge in [-0.1, -0.05) is 18.2 Å². The molecule has 0 aliphatic carbocycles. The Morgan fingerprint density at radius 2 is 1.96 bits per heavy atom. The number of hydrogen-bond acceptors (Lipinski definition) is 6. The van der Waals surface area contributed by atoms with E-state index in [1.54, 1.807) is 32.2 Å². The van der Waals surface area contributed by atoms with Crippen LogP contribution in [0.1, 0.15) is 23.1 Å². The average molecular weight is 367 g/mol. The summed E-state index contributed by atoms with van der Waals surface area (Å²) in [4.78, 5) is 22.9. The summed E-state index contributed by atoms with van der Waals surface area (Å²) >= 11 is 0. The fourth-order valence-corrected chi connectivity index (χ4v) is 2.96. The Balaban J connectivity index is 1.86. The van der Waals surface area contributed by atoms with Crippen LogP contribution < -0.4 is 20.2 Å². The molecule has 1 heterocycles. The highest BCUT2D eigenvalue weighted by molar-refractivity contribution is 5.82. The quantitative estimate of drug-likeness (QED) is 0.596. The van der Waals surface area contributed by atoms with Crippen molar-refractivity contribution in [2.75, 3.05) is 7.11 Å². The molecule has 3 aromatic rings. The third-order valence-corrected chi connectivity index (χ3v) is 4.42. The van der Waals surface area contributed by atoms with Crippen molar-refractivity contribution < 1.29 is 23.8 Å². The fourth-order valence-electron chi connectivity index (χ4n) is 2.96. The van der Waals surface area contributed by atoms with Crippen molar-refractivity contribution in [3.05, 3.63) is 69.6 Å². The number of carboxylic acids is 1. The number of rotatable bonds is 7. The maximum absolute atomic E-state index is 12.2. The minimum Gasteiger partial charge on any atom is -0.550 e. The lowest BCUT2D eigenvalue weighted by molar-refractivity contribution is -0.305. The first kappa shape index (κ1) is 18.5. The monoisotopic (exact) mass is 367 g/mol. The van der Waals surface area contributed by atoms with Gasteiger partial charge in [0.2, 0.25) is 0 Å². The lowest BCUT2D eigenvalue weighted by Crippen LogP contribution is -2.24. The van der Waals surface area contributed by atoms with Gasteiger partial charge in [0.1, 0.15) is 23.7 Å². The molecule has 0 saturated carbocycles. The van der Waals surface area contributed by atoms with Gasteiger partial charge in [0.25, 0.3) is 0 Å². The highest BCUT2D eigenvalue weighted by atomic mass is 16.5. The Morgan fingerprint density at radius 1 is 1.19 bits per heavy atom. The van der Waals surface area contributed by atoms with Crippen molar-refractivity contribution in [3.63, 3.8) is 0 Å². The molecular weight excluding hydrogens is 348 g/mol. The van der Waals surface area contributed by atoms with Crippen molar-refractivity contribution in [1.29, 1.82) is 0 Å². The highest BCUT2D eigenvalue weighted by Gasteiger charge is 2.12. The summed E-state index contributed by atoms with van der Waals surface area (Å²) in [7, 11) is 1.60. The van der Waals surface area contributed by atoms with E-state index in [1.165, 1.54) is 0 Å². The number of benzene rings is 2. The number of fused-ring (bicyclic) bond motifs is 1. The Bertz CT molecular complexity index is 1030. The van der Waals surface area contributed by atoms with Gasteiger partial charge >= 0.3 is 5.63 Å². The maximum atomic E-state index is 12.2. The number of aryl methyl sites for hydroxylation is 1. The van der Waals surface area contributed by atoms with Crippen LogP contribution in [0.4, 0.5) is 0 Å². The zero-order valence-corrected chi connectivity index (χ0v) is 15.1. The molecule has 0 radical (unpaired) electrons. The van der Waals surface area contributed by atoms with E-state index in [2.05, 4.69) is 0 Å². The fraction of sp³-hybridized carbons (Fsp3) is 0.238. The molecule has 6 nitrogen and oxygen atoms in total. The van der Waals surface area contributed by atoms with Crippen LogP contribution >= 0.6 is 0 Å². The number of carbonyl (C=O) groups excluding carboxylic acids is 1. The Kier molecular flexibility index (Phi) is 5.45. The minimum atomic E-state index is -1.20. The number of methoxy groups -OCH3 is 1. The molecule has 6 heteroatoms. The van der Waals surface area contributed by atoms with E-state index in [1.807, 2.05) is 24.3 Å². The summed E-state index contributed by atoms with van der Waals surface area (Å²) in [6.07, 6.45) is -0.143. The van der Waals surface area contributed by atoms with Gasteiger partial charge in [-0.2, -0.15) is 0 Å². The van der Waals surface area contributed by atoms with Crippen LogP contribution in [0, 0.1) is 6.92 Å². The molecule has 2 aromatic carbocycles. The largest absolute Gasteiger partial charge is 0.550 e. The number of para-hydroxylation sites is 1. The van der Waals surface area contributed by atoms with Gasteiger partial charge in [0.05, 0.1) is 7.11 Å². The van der Waals surface area contributed by atoms with E-state index in [9.17, 15) is 14.7 Å². The van der Waals surface area contributed by atoms with E-state index in [-0.39, 0.29) is 12.8 Å². The van der Waals surface area contributed by atoms with E-state index >= 15 is 0 Å². The van der Waals surface area contributed by atoms with Crippen LogP contribution in [-0.2, 0) is 17.8 Å². The second-order valence-electron chi connectivity index (χ2n) is 6.12. The molecule has 0 N–H and O–H groups in total. The van der Waals surface area contributed by atoms with Crippen molar-refractivity contribution in [1.82, 2.24) is 0 Å². The molecule has 0 aliphatic rings. The highest BCUT2D eigenvalue weighted by Crippen LogP contribution is 2.26. The minimum absolute atomic E-state index is 0.0818. The Morgan fingerprint density at radius 3 is 2.70 bits per heavy atom. The molecule has 27 heavy (non-hydrogen) atoms. The first-order valence-electron chi connectivity index (χ1n) is 8.50. The molecule has 0 fully saturated rings. The molecule has 0 amide bonds. The number of carboxylic acid groups (broad SMARTS) is 1. The molecule has 0 saturated heterocycles. The number of carbonyl (C=O) groups is 1. The summed E-state index contributed by atoms with van der Waals surface area (Å²) in [6, 6.07) is 12.8. The van der Waals surface area contributed by atoms with Gasteiger partial charge in [-0.15, -0.1) is 0 Å². The number of hydrogen-bond donors (Lipinski definition) is 0. The standard InChI is InChI=1S/C21H20O6/c1-13-16-8-7-15(26-12-14-5-3-4-6-18(14)25-2)11-19(16)27-21(24)17(13)9-10-20(22)23/h3-8,11H,9-10,12H2,1-2H3,(H,22,23)/p-1. The SMILES string of the molecule is COc1ccccc1COc1ccc2c(C)c(CCC(=O)[O-])c(=O)oc2c1. The van der Waals surface area contributed by atoms with Crippen LogP contribution in [-0.4, -0.2) is 13.1 Å². The first-order valence-corrected chi connectivity index (χ1v) is 8.50. The van der Waals surface area contributed by atoms with Gasteiger partial charge < -0.3 is 23.8 Å². The van der Waals surface area contributed by atoms with Crippen molar-refractivity contribution in [2.45, 2.75) is 26.4 Å². The van der Waals surface area contributed by atoms with Gasteiger partial charge in [-0.05, 0) is 43.5 Å². The number of aliphatic carboxylic acids is 1. The molecule has 0 bridgehead atoms. The van der Waals surface area contributed by atoms with Gasteiger partial charge in [0, 0.05) is 28.5 Å². The summed E-state index contributed by atoms with van der Waals surface area (Å²) < 4.78 is 16.5. The van der Waals surface area contributed by atoms with Crippen LogP contribution in [0.2, 0.25) is 0 Å². The van der Waals surface area contributed by atoms with E-state index in [0.29, 0.717) is 29.1 Å². The average Bonchev–Trinajstić information content (AvgIpc) is 2.66. The third-order valence-electron chi connectivity index (χ3n) is 4.42. The van der Waals surface area contributed by atoms with Gasteiger partial charge in [-0.3, -0.25) is 0 Å². The smallest absolute Gasteiger partial charge is 0.339 e. The van der Waals surface area contributed by atoms with E-state index in [4.69, 9.17) is 13.9 Å². The number of ether oxygens (including phenoxy) is 2. The third kappa shape index (κ3) is 4.11. The predicted molar refractivity (Wildman–Crippen MR) is 97.9 cm³/mol. The zero-order valence-electron chi connectivity index (χ0n) is 15.1.